The molecule has 116 valence electrons. The highest BCUT2D eigenvalue weighted by Gasteiger charge is 2.27. The number of benzene rings is 1. The van der Waals surface area contributed by atoms with Crippen LogP contribution in [0.2, 0.25) is 0 Å². The number of carbonyl (C=O) groups excluding carboxylic acids is 1. The van der Waals surface area contributed by atoms with Crippen LogP contribution in [0.1, 0.15) is 5.56 Å². The number of carbonyl (C=O) groups is 1. The van der Waals surface area contributed by atoms with Crippen molar-refractivity contribution in [2.45, 2.75) is 6.61 Å². The molecule has 0 fully saturated rings. The molecule has 0 radical (unpaired) electrons. The van der Waals surface area contributed by atoms with Gasteiger partial charge in [0, 0.05) is 5.69 Å². The van der Waals surface area contributed by atoms with Gasteiger partial charge in [0.25, 0.3) is 0 Å². The summed E-state index contributed by atoms with van der Waals surface area (Å²) in [6.45, 7) is 4.26. The van der Waals surface area contributed by atoms with Gasteiger partial charge in [0.05, 0.1) is 11.6 Å². The van der Waals surface area contributed by atoms with Crippen LogP contribution in [-0.2, 0) is 11.3 Å². The van der Waals surface area contributed by atoms with E-state index in [0.29, 0.717) is 22.8 Å². The van der Waals surface area contributed by atoms with Crippen molar-refractivity contribution < 1.29 is 14.5 Å². The van der Waals surface area contributed by atoms with Crippen LogP contribution in [0.5, 0.6) is 0 Å². The van der Waals surface area contributed by atoms with Gasteiger partial charge in [0.2, 0.25) is 0 Å². The summed E-state index contributed by atoms with van der Waals surface area (Å²) in [5, 5.41) is 17.8. The van der Waals surface area contributed by atoms with Crippen molar-refractivity contribution in [1.82, 2.24) is 5.32 Å². The average Bonchev–Trinajstić information content (AvgIpc) is 2.85. The Labute approximate surface area is 138 Å². The molecule has 0 aliphatic carbocycles. The Morgan fingerprint density at radius 3 is 3.09 bits per heavy atom. The van der Waals surface area contributed by atoms with Crippen LogP contribution in [0.4, 0.5) is 10.5 Å². The maximum atomic E-state index is 12.1. The fraction of sp³-hybridized carbons (Fsp3) is 0.0625. The molecule has 1 aromatic rings. The second-order valence-corrected chi connectivity index (χ2v) is 5.99. The Kier molecular flexibility index (Phi) is 4.71. The van der Waals surface area contributed by atoms with Gasteiger partial charge in [0.1, 0.15) is 0 Å². The molecule has 0 bridgehead atoms. The van der Waals surface area contributed by atoms with E-state index in [1.54, 1.807) is 18.2 Å². The predicted octanol–water partition coefficient (Wildman–Crippen LogP) is 2.24. The van der Waals surface area contributed by atoms with E-state index in [9.17, 15) is 9.82 Å². The van der Waals surface area contributed by atoms with Crippen molar-refractivity contribution in [1.29, 1.82) is 0 Å². The minimum absolute atomic E-state index is 0.358. The number of nitrogens with one attached hydrogen (secondary N) is 2. The smallest absolute Gasteiger partial charge is 0.423 e. The standard InChI is InChI=1S/C16H15BN2O3S/c1-11-4-2-3-7-23-15(8-11)19-16(20)18-13-6-5-12-10-22-17(21)14(12)9-13/h2-9,21H,1,10H2,(H2,18,19,20)/b4-2-,7-3?,15-8?. The third kappa shape index (κ3) is 3.95. The largest absolute Gasteiger partial charge is 0.491 e. The van der Waals surface area contributed by atoms with Crippen molar-refractivity contribution in [2.24, 2.45) is 0 Å². The molecule has 7 heteroatoms. The summed E-state index contributed by atoms with van der Waals surface area (Å²) < 4.78 is 5.13. The zero-order valence-corrected chi connectivity index (χ0v) is 13.1. The van der Waals surface area contributed by atoms with Gasteiger partial charge in [-0.15, -0.1) is 0 Å². The lowest BCUT2D eigenvalue weighted by Crippen LogP contribution is -2.30. The number of fused-ring (bicyclic) bond motifs is 1. The lowest BCUT2D eigenvalue weighted by Gasteiger charge is -2.11. The first-order valence-corrected chi connectivity index (χ1v) is 7.91. The molecule has 3 rings (SSSR count). The third-order valence-electron chi connectivity index (χ3n) is 3.31. The fourth-order valence-corrected chi connectivity index (χ4v) is 2.91. The highest BCUT2D eigenvalue weighted by Crippen LogP contribution is 2.19. The van der Waals surface area contributed by atoms with E-state index in [1.165, 1.54) is 11.8 Å². The van der Waals surface area contributed by atoms with Crippen molar-refractivity contribution in [3.8, 4) is 0 Å². The van der Waals surface area contributed by atoms with Gasteiger partial charge in [-0.2, -0.15) is 0 Å². The van der Waals surface area contributed by atoms with Gasteiger partial charge in [-0.3, -0.25) is 0 Å². The van der Waals surface area contributed by atoms with Gasteiger partial charge in [-0.05, 0) is 40.2 Å². The Bertz CT molecular complexity index is 743. The number of amides is 2. The molecule has 2 aliphatic rings. The Morgan fingerprint density at radius 2 is 2.22 bits per heavy atom. The topological polar surface area (TPSA) is 70.6 Å². The quantitative estimate of drug-likeness (QED) is 0.729. The number of anilines is 1. The molecule has 0 saturated carbocycles. The number of hydrogen-bond acceptors (Lipinski definition) is 4. The van der Waals surface area contributed by atoms with Gasteiger partial charge in [0.15, 0.2) is 0 Å². The van der Waals surface area contributed by atoms with Crippen LogP contribution >= 0.6 is 11.8 Å². The predicted molar refractivity (Wildman–Crippen MR) is 94.1 cm³/mol. The lowest BCUT2D eigenvalue weighted by atomic mass is 9.79. The van der Waals surface area contributed by atoms with Crippen LogP contribution < -0.4 is 16.1 Å². The summed E-state index contributed by atoms with van der Waals surface area (Å²) >= 11 is 1.40. The average molecular weight is 326 g/mol. The van der Waals surface area contributed by atoms with Crippen molar-refractivity contribution in [2.75, 3.05) is 5.32 Å². The maximum Gasteiger partial charge on any atom is 0.491 e. The number of thioether (sulfide) groups is 1. The van der Waals surface area contributed by atoms with E-state index < -0.39 is 7.12 Å². The zero-order valence-electron chi connectivity index (χ0n) is 12.3. The number of allylic oxidation sites excluding steroid dienone is 5. The first-order valence-electron chi connectivity index (χ1n) is 7.03. The van der Waals surface area contributed by atoms with E-state index >= 15 is 0 Å². The fourth-order valence-electron chi connectivity index (χ4n) is 2.22. The van der Waals surface area contributed by atoms with Gasteiger partial charge >= 0.3 is 13.1 Å². The number of urea groups is 1. The van der Waals surface area contributed by atoms with E-state index in [1.807, 2.05) is 29.7 Å². The lowest BCUT2D eigenvalue weighted by molar-refractivity contribution is 0.255. The molecule has 5 nitrogen and oxygen atoms in total. The van der Waals surface area contributed by atoms with Crippen LogP contribution in [0.15, 0.2) is 65.1 Å². The van der Waals surface area contributed by atoms with Gasteiger partial charge < -0.3 is 20.3 Å². The molecule has 0 atom stereocenters. The van der Waals surface area contributed by atoms with Crippen LogP contribution in [0.3, 0.4) is 0 Å². The molecule has 23 heavy (non-hydrogen) atoms. The van der Waals surface area contributed by atoms with E-state index in [-0.39, 0.29) is 6.03 Å². The molecule has 2 aliphatic heterocycles. The minimum Gasteiger partial charge on any atom is -0.423 e. The molecule has 2 heterocycles. The molecule has 0 spiro atoms. The SMILES string of the molecule is C=C1C=C(NC(=O)Nc2ccc3c(c2)B(O)OC3)SC=C/C=C\1. The Balaban J connectivity index is 1.67. The van der Waals surface area contributed by atoms with E-state index in [4.69, 9.17) is 4.65 Å². The summed E-state index contributed by atoms with van der Waals surface area (Å²) in [4.78, 5) is 12.1. The molecule has 0 saturated heterocycles. The molecular weight excluding hydrogens is 311 g/mol. The molecule has 1 aromatic carbocycles. The normalized spacial score (nSPS) is 17.9. The van der Waals surface area contributed by atoms with E-state index in [2.05, 4.69) is 17.2 Å². The van der Waals surface area contributed by atoms with Crippen LogP contribution in [0, 0.1) is 0 Å². The van der Waals surface area contributed by atoms with Crippen molar-refractivity contribution >= 4 is 36.1 Å². The highest BCUT2D eigenvalue weighted by molar-refractivity contribution is 8.05. The second-order valence-electron chi connectivity index (χ2n) is 5.05. The summed E-state index contributed by atoms with van der Waals surface area (Å²) in [5.41, 5.74) is 3.00. The maximum absolute atomic E-state index is 12.1. The van der Waals surface area contributed by atoms with Gasteiger partial charge in [-0.25, -0.2) is 4.79 Å². The Hall–Kier alpha value is -2.22. The molecule has 3 N–H and O–H groups in total. The summed E-state index contributed by atoms with van der Waals surface area (Å²) in [6.07, 6.45) is 7.42. The van der Waals surface area contributed by atoms with Crippen LogP contribution in [-0.4, -0.2) is 18.2 Å². The van der Waals surface area contributed by atoms with Gasteiger partial charge in [-0.1, -0.05) is 42.6 Å². The highest BCUT2D eigenvalue weighted by atomic mass is 32.2. The first-order chi connectivity index (χ1) is 11.1. The van der Waals surface area contributed by atoms with Crippen LogP contribution in [0.25, 0.3) is 0 Å². The minimum atomic E-state index is -0.932. The summed E-state index contributed by atoms with van der Waals surface area (Å²) in [7, 11) is -0.932. The third-order valence-corrected chi connectivity index (χ3v) is 4.08. The Morgan fingerprint density at radius 1 is 1.35 bits per heavy atom. The molecular formula is C16H15BN2O3S. The zero-order chi connectivity index (χ0) is 16.2. The monoisotopic (exact) mass is 326 g/mol. The number of rotatable bonds is 2. The second kappa shape index (κ2) is 6.91. The summed E-state index contributed by atoms with van der Waals surface area (Å²) in [5.74, 6) is 0. The molecule has 2 amide bonds. The van der Waals surface area contributed by atoms with Crippen molar-refractivity contribution in [3.63, 3.8) is 0 Å². The molecule has 0 unspecified atom stereocenters. The van der Waals surface area contributed by atoms with E-state index in [0.717, 1.165) is 11.1 Å². The first kappa shape index (κ1) is 15.7. The van der Waals surface area contributed by atoms with Crippen molar-refractivity contribution in [3.05, 3.63) is 70.7 Å². The summed E-state index contributed by atoms with van der Waals surface area (Å²) in [6, 6.07) is 4.97. The number of hydrogen-bond donors (Lipinski definition) is 3. The molecule has 0 aromatic heterocycles.